The minimum Gasteiger partial charge on any atom is -0.355 e. The van der Waals surface area contributed by atoms with Crippen LogP contribution in [0.4, 0.5) is 4.39 Å². The van der Waals surface area contributed by atoms with Gasteiger partial charge in [0.1, 0.15) is 11.9 Å². The van der Waals surface area contributed by atoms with E-state index in [0.717, 1.165) is 11.1 Å². The van der Waals surface area contributed by atoms with Gasteiger partial charge in [-0.05, 0) is 74.6 Å². The summed E-state index contributed by atoms with van der Waals surface area (Å²) in [5.41, 5.74) is 2.29. The van der Waals surface area contributed by atoms with Crippen molar-refractivity contribution in [1.29, 1.82) is 0 Å². The molecule has 3 rings (SSSR count). The molecule has 0 aliphatic carbocycles. The molecule has 4 atom stereocenters. The van der Waals surface area contributed by atoms with Crippen molar-refractivity contribution >= 4 is 39.6 Å². The van der Waals surface area contributed by atoms with Gasteiger partial charge in [-0.15, -0.1) is 0 Å². The third-order valence-corrected chi connectivity index (χ3v) is 7.92. The van der Waals surface area contributed by atoms with Gasteiger partial charge in [-0.3, -0.25) is 19.2 Å². The Morgan fingerprint density at radius 1 is 0.783 bits per heavy atom. The first-order chi connectivity index (χ1) is 21.9. The molecule has 0 bridgehead atoms. The van der Waals surface area contributed by atoms with Crippen molar-refractivity contribution in [3.8, 4) is 0 Å². The highest BCUT2D eigenvalue weighted by Crippen LogP contribution is 2.19. The Kier molecular flexibility index (Phi) is 13.9. The normalized spacial score (nSPS) is 13.7. The molecule has 0 aromatic heterocycles. The summed E-state index contributed by atoms with van der Waals surface area (Å²) in [4.78, 5) is 52.1. The molecule has 3 aromatic rings. The van der Waals surface area contributed by atoms with E-state index in [1.165, 1.54) is 18.2 Å². The van der Waals surface area contributed by atoms with Crippen LogP contribution in [0.15, 0.2) is 77.3 Å². The van der Waals surface area contributed by atoms with Crippen LogP contribution in [0.2, 0.25) is 0 Å². The van der Waals surface area contributed by atoms with Gasteiger partial charge in [-0.1, -0.05) is 72.2 Å². The number of hydrogen-bond donors (Lipinski definition) is 5. The largest absolute Gasteiger partial charge is 0.355 e. The lowest BCUT2D eigenvalue weighted by Crippen LogP contribution is -2.55. The van der Waals surface area contributed by atoms with Gasteiger partial charge in [0.25, 0.3) is 11.8 Å². The quantitative estimate of drug-likeness (QED) is 0.158. The first kappa shape index (κ1) is 36.4. The van der Waals surface area contributed by atoms with Crippen LogP contribution in [0.5, 0.6) is 0 Å². The van der Waals surface area contributed by atoms with E-state index in [2.05, 4.69) is 42.5 Å². The Labute approximate surface area is 278 Å². The highest BCUT2D eigenvalue weighted by atomic mass is 79.9. The summed E-state index contributed by atoms with van der Waals surface area (Å²) in [5, 5.41) is 14.7. The van der Waals surface area contributed by atoms with Crippen molar-refractivity contribution in [2.75, 3.05) is 13.1 Å². The summed E-state index contributed by atoms with van der Waals surface area (Å²) in [6.07, 6.45) is 0.484. The molecule has 0 fully saturated rings. The van der Waals surface area contributed by atoms with Crippen LogP contribution in [0, 0.1) is 11.7 Å². The topological polar surface area (TPSA) is 128 Å². The van der Waals surface area contributed by atoms with Gasteiger partial charge < -0.3 is 26.6 Å². The Morgan fingerprint density at radius 2 is 1.39 bits per heavy atom. The van der Waals surface area contributed by atoms with E-state index < -0.39 is 24.0 Å². The number of likely N-dealkylation sites (N-methyl/N-ethyl adjacent to an activating group) is 1. The zero-order valence-electron chi connectivity index (χ0n) is 26.8. The molecule has 0 unspecified atom stereocenters. The van der Waals surface area contributed by atoms with E-state index in [1.807, 2.05) is 51.1 Å². The van der Waals surface area contributed by atoms with Crippen LogP contribution in [0.25, 0.3) is 0 Å². The van der Waals surface area contributed by atoms with Gasteiger partial charge >= 0.3 is 0 Å². The highest BCUT2D eigenvalue weighted by molar-refractivity contribution is 9.10. The highest BCUT2D eigenvalue weighted by Gasteiger charge is 2.26. The molecule has 0 aliphatic heterocycles. The number of nitrogens with one attached hydrogen (secondary N) is 5. The Morgan fingerprint density at radius 3 is 1.98 bits per heavy atom. The fourth-order valence-corrected chi connectivity index (χ4v) is 5.31. The number of hydrogen-bond acceptors (Lipinski definition) is 5. The number of benzene rings is 3. The average molecular weight is 697 g/mol. The van der Waals surface area contributed by atoms with E-state index >= 15 is 0 Å². The van der Waals surface area contributed by atoms with Crippen molar-refractivity contribution in [1.82, 2.24) is 26.6 Å². The first-order valence-corrected chi connectivity index (χ1v) is 16.2. The van der Waals surface area contributed by atoms with Gasteiger partial charge in [0.05, 0.1) is 12.1 Å². The maximum absolute atomic E-state index is 13.5. The summed E-state index contributed by atoms with van der Waals surface area (Å²) in [7, 11) is 0. The van der Waals surface area contributed by atoms with Gasteiger partial charge in [-0.25, -0.2) is 4.39 Å². The smallest absolute Gasteiger partial charge is 0.251 e. The first-order valence-electron chi connectivity index (χ1n) is 15.4. The molecule has 0 heterocycles. The molecular formula is C35H43BrFN5O4. The fraction of sp³-hybridized carbons (Fsp3) is 0.371. The van der Waals surface area contributed by atoms with Crippen LogP contribution in [0.1, 0.15) is 72.5 Å². The van der Waals surface area contributed by atoms with Crippen LogP contribution in [-0.2, 0) is 16.0 Å². The maximum Gasteiger partial charge on any atom is 0.251 e. The Bertz CT molecular complexity index is 1490. The van der Waals surface area contributed by atoms with Gasteiger partial charge in [-0.2, -0.15) is 0 Å². The molecule has 0 spiro atoms. The molecule has 4 amide bonds. The Hall–Kier alpha value is -4.09. The Balaban J connectivity index is 1.72. The number of carbonyl (C=O) groups is 4. The van der Waals surface area contributed by atoms with Crippen molar-refractivity contribution in [3.63, 3.8) is 0 Å². The second-order valence-electron chi connectivity index (χ2n) is 11.6. The van der Waals surface area contributed by atoms with Crippen molar-refractivity contribution in [3.05, 3.63) is 105 Å². The minimum absolute atomic E-state index is 0.101. The van der Waals surface area contributed by atoms with Crippen LogP contribution in [0.3, 0.4) is 0 Å². The van der Waals surface area contributed by atoms with Crippen LogP contribution in [-0.4, -0.2) is 54.8 Å². The minimum atomic E-state index is -0.668. The molecule has 5 N–H and O–H groups in total. The van der Waals surface area contributed by atoms with E-state index in [1.54, 1.807) is 38.1 Å². The molecule has 0 saturated carbocycles. The van der Waals surface area contributed by atoms with E-state index in [-0.39, 0.29) is 53.2 Å². The lowest BCUT2D eigenvalue weighted by Gasteiger charge is -2.25. The van der Waals surface area contributed by atoms with Gasteiger partial charge in [0, 0.05) is 34.7 Å². The maximum atomic E-state index is 13.5. The third-order valence-electron chi connectivity index (χ3n) is 7.46. The van der Waals surface area contributed by atoms with Gasteiger partial charge in [0.2, 0.25) is 11.8 Å². The average Bonchev–Trinajstić information content (AvgIpc) is 3.02. The van der Waals surface area contributed by atoms with Crippen LogP contribution < -0.4 is 26.6 Å². The summed E-state index contributed by atoms with van der Waals surface area (Å²) in [6, 6.07) is 18.2. The summed E-state index contributed by atoms with van der Waals surface area (Å²) in [6.45, 7) is 9.79. The second kappa shape index (κ2) is 17.6. The standard InChI is InChI=1S/C35H43BrFN5O4/c1-6-38-35(46)31(21(2)3)42-32(43)23(5)39-20-30(16-24-10-8-7-9-11-24)41-34(45)27-17-26(18-28(36)19-27)33(44)40-22(4)25-12-14-29(37)15-13-25/h7-15,17-19,21-23,30-31,39H,6,16,20H2,1-5H3,(H,38,46)(H,40,44)(H,41,45)(H,42,43)/t22-,23+,30+,31+/m1/s1. The molecule has 246 valence electrons. The molecule has 11 heteroatoms. The number of amides is 4. The predicted octanol–water partition coefficient (Wildman–Crippen LogP) is 4.68. The lowest BCUT2D eigenvalue weighted by atomic mass is 10.0. The SMILES string of the molecule is CCNC(=O)[C@@H](NC(=O)[C@H](C)NC[C@H](Cc1ccccc1)NC(=O)c1cc(Br)cc(C(=O)N[C@H](C)c2ccc(F)cc2)c1)C(C)C. The molecule has 46 heavy (non-hydrogen) atoms. The van der Waals surface area contributed by atoms with Gasteiger partial charge in [0.15, 0.2) is 0 Å². The fourth-order valence-electron chi connectivity index (χ4n) is 4.82. The molecular weight excluding hydrogens is 653 g/mol. The predicted molar refractivity (Wildman–Crippen MR) is 181 cm³/mol. The zero-order valence-corrected chi connectivity index (χ0v) is 28.4. The summed E-state index contributed by atoms with van der Waals surface area (Å²) < 4.78 is 13.9. The third kappa shape index (κ3) is 11.1. The summed E-state index contributed by atoms with van der Waals surface area (Å²) in [5.74, 6) is -1.80. The number of rotatable bonds is 15. The van der Waals surface area contributed by atoms with Crippen molar-refractivity contribution in [2.45, 2.75) is 65.2 Å². The molecule has 0 aliphatic rings. The molecule has 9 nitrogen and oxygen atoms in total. The van der Waals surface area contributed by atoms with Crippen molar-refractivity contribution < 1.29 is 23.6 Å². The molecule has 3 aromatic carbocycles. The summed E-state index contributed by atoms with van der Waals surface area (Å²) >= 11 is 3.42. The van der Waals surface area contributed by atoms with Crippen LogP contribution >= 0.6 is 15.9 Å². The van der Waals surface area contributed by atoms with Crippen molar-refractivity contribution in [2.24, 2.45) is 5.92 Å². The lowest BCUT2D eigenvalue weighted by molar-refractivity contribution is -0.130. The van der Waals surface area contributed by atoms with E-state index in [9.17, 15) is 23.6 Å². The number of carbonyl (C=O) groups excluding carboxylic acids is 4. The molecule has 0 radical (unpaired) electrons. The van der Waals surface area contributed by atoms with E-state index in [0.29, 0.717) is 17.4 Å². The second-order valence-corrected chi connectivity index (χ2v) is 12.5. The van der Waals surface area contributed by atoms with E-state index in [4.69, 9.17) is 0 Å². The number of halogens is 2. The molecule has 0 saturated heterocycles. The monoisotopic (exact) mass is 695 g/mol. The zero-order chi connectivity index (χ0) is 33.8.